The number of benzene rings is 1. The van der Waals surface area contributed by atoms with Crippen LogP contribution in [0.2, 0.25) is 0 Å². The number of likely N-dealkylation sites (N-methyl/N-ethyl adjacent to an activating group) is 1. The first-order valence-electron chi connectivity index (χ1n) is 6.24. The summed E-state index contributed by atoms with van der Waals surface area (Å²) < 4.78 is 13.0. The van der Waals surface area contributed by atoms with E-state index in [4.69, 9.17) is 0 Å². The van der Waals surface area contributed by atoms with Crippen molar-refractivity contribution < 1.29 is 19.1 Å². The van der Waals surface area contributed by atoms with E-state index in [1.54, 1.807) is 13.8 Å². The maximum Gasteiger partial charge on any atom is 0.329 e. The van der Waals surface area contributed by atoms with Crippen LogP contribution < -0.4 is 0 Å². The fourth-order valence-electron chi connectivity index (χ4n) is 2.37. The van der Waals surface area contributed by atoms with Gasteiger partial charge < -0.3 is 10.0 Å². The lowest BCUT2D eigenvalue weighted by molar-refractivity contribution is -0.144. The first-order chi connectivity index (χ1) is 8.92. The Bertz CT molecular complexity index is 537. The minimum atomic E-state index is -1.06. The van der Waals surface area contributed by atoms with Gasteiger partial charge in [0.2, 0.25) is 0 Å². The molecule has 0 saturated heterocycles. The van der Waals surface area contributed by atoms with E-state index in [0.717, 1.165) is 0 Å². The number of halogens is 1. The summed E-state index contributed by atoms with van der Waals surface area (Å²) >= 11 is 0. The molecule has 1 N–H and O–H groups in total. The monoisotopic (exact) mass is 265 g/mol. The third-order valence-electron chi connectivity index (χ3n) is 3.62. The molecule has 1 aromatic rings. The summed E-state index contributed by atoms with van der Waals surface area (Å²) in [6, 6.07) is 3.91. The SMILES string of the molecule is CCN(C(=O)c1ccc(F)cc1C)C1(C(=O)O)CC1. The summed E-state index contributed by atoms with van der Waals surface area (Å²) in [7, 11) is 0. The first kappa shape index (κ1) is 13.5. The lowest BCUT2D eigenvalue weighted by Crippen LogP contribution is -2.47. The highest BCUT2D eigenvalue weighted by Gasteiger charge is 2.56. The van der Waals surface area contributed by atoms with Crippen molar-refractivity contribution in [3.8, 4) is 0 Å². The van der Waals surface area contributed by atoms with Crippen LogP contribution in [0.25, 0.3) is 0 Å². The molecule has 0 spiro atoms. The molecule has 1 aliphatic carbocycles. The second-order valence-corrected chi connectivity index (χ2v) is 4.85. The zero-order valence-corrected chi connectivity index (χ0v) is 10.9. The van der Waals surface area contributed by atoms with E-state index in [-0.39, 0.29) is 5.91 Å². The Labute approximate surface area is 110 Å². The van der Waals surface area contributed by atoms with E-state index in [1.165, 1.54) is 23.1 Å². The van der Waals surface area contributed by atoms with Crippen LogP contribution in [-0.4, -0.2) is 34.0 Å². The van der Waals surface area contributed by atoms with E-state index in [9.17, 15) is 19.1 Å². The second-order valence-electron chi connectivity index (χ2n) is 4.85. The molecule has 102 valence electrons. The summed E-state index contributed by atoms with van der Waals surface area (Å²) in [6.45, 7) is 3.71. The Morgan fingerprint density at radius 3 is 2.47 bits per heavy atom. The predicted molar refractivity (Wildman–Crippen MR) is 67.4 cm³/mol. The van der Waals surface area contributed by atoms with E-state index in [1.807, 2.05) is 0 Å². The van der Waals surface area contributed by atoms with E-state index in [0.29, 0.717) is 30.5 Å². The van der Waals surface area contributed by atoms with E-state index in [2.05, 4.69) is 0 Å². The lowest BCUT2D eigenvalue weighted by atomic mass is 10.1. The van der Waals surface area contributed by atoms with Gasteiger partial charge in [-0.25, -0.2) is 9.18 Å². The third-order valence-corrected chi connectivity index (χ3v) is 3.62. The van der Waals surface area contributed by atoms with Gasteiger partial charge in [-0.05, 0) is 50.5 Å². The Hall–Kier alpha value is -1.91. The molecule has 0 aliphatic heterocycles. The number of hydrogen-bond donors (Lipinski definition) is 1. The van der Waals surface area contributed by atoms with E-state index < -0.39 is 17.3 Å². The first-order valence-corrected chi connectivity index (χ1v) is 6.24. The van der Waals surface area contributed by atoms with Crippen molar-refractivity contribution in [3.05, 3.63) is 35.1 Å². The van der Waals surface area contributed by atoms with Gasteiger partial charge in [-0.15, -0.1) is 0 Å². The number of carboxylic acid groups (broad SMARTS) is 1. The number of carbonyl (C=O) groups is 2. The van der Waals surface area contributed by atoms with Gasteiger partial charge in [-0.2, -0.15) is 0 Å². The summed E-state index contributed by atoms with van der Waals surface area (Å²) in [5.41, 5.74) is -0.187. The molecular weight excluding hydrogens is 249 g/mol. The van der Waals surface area contributed by atoms with Crippen LogP contribution in [0.15, 0.2) is 18.2 Å². The Kier molecular flexibility index (Phi) is 3.30. The van der Waals surface area contributed by atoms with E-state index >= 15 is 0 Å². The molecule has 0 radical (unpaired) electrons. The van der Waals surface area contributed by atoms with Gasteiger partial charge in [0.25, 0.3) is 5.91 Å². The van der Waals surface area contributed by atoms with Crippen LogP contribution in [0, 0.1) is 12.7 Å². The van der Waals surface area contributed by atoms with Gasteiger partial charge in [0.15, 0.2) is 0 Å². The standard InChI is InChI=1S/C14H16FNO3/c1-3-16(14(6-7-14)13(18)19)12(17)11-5-4-10(15)8-9(11)2/h4-5,8H,3,6-7H2,1-2H3,(H,18,19). The van der Waals surface area contributed by atoms with Crippen molar-refractivity contribution in [2.75, 3.05) is 6.54 Å². The molecule has 1 saturated carbocycles. The number of hydrogen-bond acceptors (Lipinski definition) is 2. The summed E-state index contributed by atoms with van der Waals surface area (Å²) in [5.74, 6) is -1.72. The highest BCUT2D eigenvalue weighted by atomic mass is 19.1. The highest BCUT2D eigenvalue weighted by molar-refractivity contribution is 5.99. The normalized spacial score (nSPS) is 15.9. The Morgan fingerprint density at radius 1 is 1.42 bits per heavy atom. The quantitative estimate of drug-likeness (QED) is 0.908. The molecule has 5 heteroatoms. The topological polar surface area (TPSA) is 57.6 Å². The second kappa shape index (κ2) is 4.64. The van der Waals surface area contributed by atoms with Crippen molar-refractivity contribution in [2.24, 2.45) is 0 Å². The van der Waals surface area contributed by atoms with Gasteiger partial charge in [-0.3, -0.25) is 4.79 Å². The minimum Gasteiger partial charge on any atom is -0.479 e. The smallest absolute Gasteiger partial charge is 0.329 e. The van der Waals surface area contributed by atoms with Crippen molar-refractivity contribution in [2.45, 2.75) is 32.2 Å². The molecule has 1 aromatic carbocycles. The predicted octanol–water partition coefficient (Wildman–Crippen LogP) is 2.21. The van der Waals surface area contributed by atoms with Crippen LogP contribution in [-0.2, 0) is 4.79 Å². The fraction of sp³-hybridized carbons (Fsp3) is 0.429. The third kappa shape index (κ3) is 2.20. The van der Waals surface area contributed by atoms with Crippen LogP contribution in [0.3, 0.4) is 0 Å². The molecule has 1 amide bonds. The molecule has 1 aliphatic rings. The highest BCUT2D eigenvalue weighted by Crippen LogP contribution is 2.42. The number of carbonyl (C=O) groups excluding carboxylic acids is 1. The van der Waals surface area contributed by atoms with Crippen LogP contribution >= 0.6 is 0 Å². The van der Waals surface area contributed by atoms with Crippen molar-refractivity contribution in [3.63, 3.8) is 0 Å². The maximum atomic E-state index is 13.0. The largest absolute Gasteiger partial charge is 0.479 e. The Morgan fingerprint density at radius 2 is 2.05 bits per heavy atom. The average molecular weight is 265 g/mol. The fourth-order valence-corrected chi connectivity index (χ4v) is 2.37. The maximum absolute atomic E-state index is 13.0. The molecule has 4 nitrogen and oxygen atoms in total. The molecule has 0 atom stereocenters. The van der Waals surface area contributed by atoms with Gasteiger partial charge in [0.05, 0.1) is 0 Å². The van der Waals surface area contributed by atoms with Crippen molar-refractivity contribution in [1.82, 2.24) is 4.90 Å². The number of rotatable bonds is 4. The van der Waals surface area contributed by atoms with Crippen molar-refractivity contribution in [1.29, 1.82) is 0 Å². The number of nitrogens with zero attached hydrogens (tertiary/aromatic N) is 1. The molecular formula is C14H16FNO3. The van der Waals surface area contributed by atoms with Crippen LogP contribution in [0.1, 0.15) is 35.7 Å². The number of aliphatic carboxylic acids is 1. The average Bonchev–Trinajstić information content (AvgIpc) is 3.11. The van der Waals surface area contributed by atoms with Gasteiger partial charge in [0.1, 0.15) is 11.4 Å². The van der Waals surface area contributed by atoms with Crippen molar-refractivity contribution >= 4 is 11.9 Å². The van der Waals surface area contributed by atoms with Gasteiger partial charge in [-0.1, -0.05) is 0 Å². The summed E-state index contributed by atoms with van der Waals surface area (Å²) in [5, 5.41) is 9.26. The summed E-state index contributed by atoms with van der Waals surface area (Å²) in [4.78, 5) is 25.1. The van der Waals surface area contributed by atoms with Gasteiger partial charge >= 0.3 is 5.97 Å². The molecule has 0 bridgehead atoms. The zero-order chi connectivity index (χ0) is 14.2. The molecule has 0 aromatic heterocycles. The molecule has 0 unspecified atom stereocenters. The van der Waals surface area contributed by atoms with Crippen LogP contribution in [0.4, 0.5) is 4.39 Å². The number of amides is 1. The number of carboxylic acids is 1. The molecule has 19 heavy (non-hydrogen) atoms. The zero-order valence-electron chi connectivity index (χ0n) is 10.9. The summed E-state index contributed by atoms with van der Waals surface area (Å²) in [6.07, 6.45) is 0.949. The van der Waals surface area contributed by atoms with Gasteiger partial charge in [0, 0.05) is 12.1 Å². The molecule has 0 heterocycles. The molecule has 2 rings (SSSR count). The lowest BCUT2D eigenvalue weighted by Gasteiger charge is -2.28. The molecule has 1 fully saturated rings. The Balaban J connectivity index is 2.34. The minimum absolute atomic E-state index is 0.321. The number of aryl methyl sites for hydroxylation is 1. The van der Waals surface area contributed by atoms with Crippen LogP contribution in [0.5, 0.6) is 0 Å².